The van der Waals surface area contributed by atoms with Gasteiger partial charge in [-0.25, -0.2) is 8.42 Å². The number of sulfonamides is 1. The summed E-state index contributed by atoms with van der Waals surface area (Å²) in [5.74, 6) is -0.312. The summed E-state index contributed by atoms with van der Waals surface area (Å²) in [5.41, 5.74) is 5.53. The summed E-state index contributed by atoms with van der Waals surface area (Å²) in [6.45, 7) is 8.11. The minimum absolute atomic E-state index is 0.0928. The van der Waals surface area contributed by atoms with Crippen LogP contribution >= 0.6 is 0 Å². The molecule has 4 rings (SSSR count). The first-order valence-corrected chi connectivity index (χ1v) is 13.5. The Kier molecular flexibility index (Phi) is 7.45. The summed E-state index contributed by atoms with van der Waals surface area (Å²) in [6, 6.07) is 18.6. The van der Waals surface area contributed by atoms with Gasteiger partial charge in [-0.05, 0) is 98.7 Å². The van der Waals surface area contributed by atoms with E-state index in [9.17, 15) is 13.2 Å². The molecule has 0 unspecified atom stereocenters. The molecule has 0 atom stereocenters. The third-order valence-electron chi connectivity index (χ3n) is 6.32. The Morgan fingerprint density at radius 1 is 0.857 bits per heavy atom. The maximum absolute atomic E-state index is 13.1. The zero-order chi connectivity index (χ0) is 25.0. The van der Waals surface area contributed by atoms with Gasteiger partial charge in [0.25, 0.3) is 15.9 Å². The van der Waals surface area contributed by atoms with Crippen molar-refractivity contribution in [3.63, 3.8) is 0 Å². The number of hydrogen-bond acceptors (Lipinski definition) is 4. The van der Waals surface area contributed by atoms with Crippen LogP contribution in [-0.4, -0.2) is 27.4 Å². The molecule has 1 fully saturated rings. The Labute approximate surface area is 208 Å². The van der Waals surface area contributed by atoms with E-state index in [1.807, 2.05) is 32.0 Å². The van der Waals surface area contributed by atoms with Crippen LogP contribution in [0.4, 0.5) is 11.4 Å². The van der Waals surface area contributed by atoms with Gasteiger partial charge in [0, 0.05) is 36.6 Å². The second kappa shape index (κ2) is 10.5. The largest absolute Gasteiger partial charge is 0.372 e. The number of hydrogen-bond donors (Lipinski definition) is 2. The van der Waals surface area contributed by atoms with Crippen molar-refractivity contribution < 1.29 is 13.2 Å². The highest BCUT2D eigenvalue weighted by Gasteiger charge is 2.20. The molecule has 1 amide bonds. The van der Waals surface area contributed by atoms with E-state index in [1.54, 1.807) is 31.2 Å². The second-order valence-corrected chi connectivity index (χ2v) is 11.0. The van der Waals surface area contributed by atoms with E-state index in [0.717, 1.165) is 29.8 Å². The maximum atomic E-state index is 13.1. The number of nitrogens with one attached hydrogen (secondary N) is 2. The van der Waals surface area contributed by atoms with Crippen molar-refractivity contribution in [3.8, 4) is 0 Å². The smallest absolute Gasteiger partial charge is 0.262 e. The number of aryl methyl sites for hydroxylation is 3. The fraction of sp³-hybridized carbons (Fsp3) is 0.321. The van der Waals surface area contributed by atoms with Gasteiger partial charge in [0.05, 0.1) is 4.90 Å². The lowest BCUT2D eigenvalue weighted by Gasteiger charge is -2.28. The summed E-state index contributed by atoms with van der Waals surface area (Å²) >= 11 is 0. The summed E-state index contributed by atoms with van der Waals surface area (Å²) in [6.07, 6.45) is 3.75. The first-order valence-electron chi connectivity index (χ1n) is 12.1. The Bertz CT molecular complexity index is 1290. The normalized spacial score (nSPS) is 14.0. The average Bonchev–Trinajstić information content (AvgIpc) is 2.82. The molecule has 0 radical (unpaired) electrons. The lowest BCUT2D eigenvalue weighted by atomic mass is 10.1. The van der Waals surface area contributed by atoms with Gasteiger partial charge in [-0.1, -0.05) is 24.3 Å². The lowest BCUT2D eigenvalue weighted by Crippen LogP contribution is -2.29. The van der Waals surface area contributed by atoms with E-state index in [-0.39, 0.29) is 10.8 Å². The molecule has 3 aromatic rings. The number of rotatable bonds is 7. The van der Waals surface area contributed by atoms with Gasteiger partial charge in [-0.2, -0.15) is 0 Å². The molecule has 0 bridgehead atoms. The van der Waals surface area contributed by atoms with E-state index < -0.39 is 10.0 Å². The molecule has 1 saturated heterocycles. The second-order valence-electron chi connectivity index (χ2n) is 9.36. The molecule has 2 N–H and O–H groups in total. The van der Waals surface area contributed by atoms with Crippen LogP contribution in [0.2, 0.25) is 0 Å². The molecule has 3 aromatic carbocycles. The molecule has 35 heavy (non-hydrogen) atoms. The molecule has 0 saturated carbocycles. The Morgan fingerprint density at radius 3 is 2.17 bits per heavy atom. The van der Waals surface area contributed by atoms with Crippen LogP contribution < -0.4 is 14.9 Å². The quantitative estimate of drug-likeness (QED) is 0.468. The number of anilines is 2. The molecule has 1 aliphatic heterocycles. The SMILES string of the molecule is Cc1cc(C)cc(NS(=O)(=O)c2cc(C(=O)NCc3ccc(N4CCCCC4)cc3)ccc2C)c1. The van der Waals surface area contributed by atoms with Crippen LogP contribution in [0, 0.1) is 20.8 Å². The molecule has 0 aromatic heterocycles. The van der Waals surface area contributed by atoms with Crippen LogP contribution in [0.5, 0.6) is 0 Å². The van der Waals surface area contributed by atoms with Crippen LogP contribution in [0.3, 0.4) is 0 Å². The highest BCUT2D eigenvalue weighted by Crippen LogP contribution is 2.23. The van der Waals surface area contributed by atoms with E-state index in [2.05, 4.69) is 27.1 Å². The summed E-state index contributed by atoms with van der Waals surface area (Å²) < 4.78 is 28.9. The minimum atomic E-state index is -3.85. The molecular formula is C28H33N3O3S. The van der Waals surface area contributed by atoms with Gasteiger partial charge in [0.1, 0.15) is 0 Å². The van der Waals surface area contributed by atoms with E-state index >= 15 is 0 Å². The predicted octanol–water partition coefficient (Wildman–Crippen LogP) is 5.33. The van der Waals surface area contributed by atoms with Crippen molar-refractivity contribution in [2.45, 2.75) is 51.5 Å². The van der Waals surface area contributed by atoms with Crippen molar-refractivity contribution >= 4 is 27.3 Å². The maximum Gasteiger partial charge on any atom is 0.262 e. The fourth-order valence-electron chi connectivity index (χ4n) is 4.54. The molecular weight excluding hydrogens is 458 g/mol. The number of amides is 1. The molecule has 184 valence electrons. The first kappa shape index (κ1) is 24.8. The average molecular weight is 492 g/mol. The fourth-order valence-corrected chi connectivity index (χ4v) is 5.85. The highest BCUT2D eigenvalue weighted by molar-refractivity contribution is 7.92. The van der Waals surface area contributed by atoms with Crippen LogP contribution in [-0.2, 0) is 16.6 Å². The molecule has 7 heteroatoms. The van der Waals surface area contributed by atoms with Crippen molar-refractivity contribution in [1.82, 2.24) is 5.32 Å². The summed E-state index contributed by atoms with van der Waals surface area (Å²) in [4.78, 5) is 15.3. The number of benzene rings is 3. The van der Waals surface area contributed by atoms with Crippen molar-refractivity contribution in [2.24, 2.45) is 0 Å². The van der Waals surface area contributed by atoms with Crippen LogP contribution in [0.15, 0.2) is 65.6 Å². The molecule has 1 heterocycles. The Hall–Kier alpha value is -3.32. The van der Waals surface area contributed by atoms with Gasteiger partial charge in [-0.3, -0.25) is 9.52 Å². The third kappa shape index (κ3) is 6.22. The third-order valence-corrected chi connectivity index (χ3v) is 7.85. The molecule has 0 aliphatic carbocycles. The first-order chi connectivity index (χ1) is 16.7. The van der Waals surface area contributed by atoms with Gasteiger partial charge in [0.2, 0.25) is 0 Å². The van der Waals surface area contributed by atoms with Gasteiger partial charge in [-0.15, -0.1) is 0 Å². The Balaban J connectivity index is 1.44. The molecule has 6 nitrogen and oxygen atoms in total. The summed E-state index contributed by atoms with van der Waals surface area (Å²) in [7, 11) is -3.85. The van der Waals surface area contributed by atoms with Crippen molar-refractivity contribution in [3.05, 3.63) is 88.5 Å². The summed E-state index contributed by atoms with van der Waals surface area (Å²) in [5, 5.41) is 2.91. The van der Waals surface area contributed by atoms with Gasteiger partial charge >= 0.3 is 0 Å². The van der Waals surface area contributed by atoms with Crippen molar-refractivity contribution in [1.29, 1.82) is 0 Å². The highest BCUT2D eigenvalue weighted by atomic mass is 32.2. The molecule has 0 spiro atoms. The van der Waals surface area contributed by atoms with E-state index in [0.29, 0.717) is 23.4 Å². The van der Waals surface area contributed by atoms with Crippen molar-refractivity contribution in [2.75, 3.05) is 22.7 Å². The Morgan fingerprint density at radius 2 is 1.51 bits per heavy atom. The van der Waals surface area contributed by atoms with Crippen LogP contribution in [0.25, 0.3) is 0 Å². The number of piperidine rings is 1. The number of nitrogens with zero attached hydrogens (tertiary/aromatic N) is 1. The number of carbonyl (C=O) groups is 1. The molecule has 1 aliphatic rings. The lowest BCUT2D eigenvalue weighted by molar-refractivity contribution is 0.0950. The monoisotopic (exact) mass is 491 g/mol. The topological polar surface area (TPSA) is 78.5 Å². The number of carbonyl (C=O) groups excluding carboxylic acids is 1. The van der Waals surface area contributed by atoms with Gasteiger partial charge in [0.15, 0.2) is 0 Å². The van der Waals surface area contributed by atoms with Gasteiger partial charge < -0.3 is 10.2 Å². The standard InChI is InChI=1S/C28H33N3O3S/c1-20-15-21(2)17-25(16-20)30-35(33,34)27-18-24(10-7-22(27)3)28(32)29-19-23-8-11-26(12-9-23)31-13-5-4-6-14-31/h7-12,15-18,30H,4-6,13-14,19H2,1-3H3,(H,29,32). The van der Waals surface area contributed by atoms with E-state index in [1.165, 1.54) is 31.0 Å². The minimum Gasteiger partial charge on any atom is -0.372 e. The zero-order valence-corrected chi connectivity index (χ0v) is 21.4. The zero-order valence-electron chi connectivity index (χ0n) is 20.6. The van der Waals surface area contributed by atoms with Crippen LogP contribution in [0.1, 0.15) is 51.9 Å². The predicted molar refractivity (Wildman–Crippen MR) is 142 cm³/mol. The van der Waals surface area contributed by atoms with E-state index in [4.69, 9.17) is 0 Å².